The molecule has 2 N–H and O–H groups in total. The molecule has 0 aliphatic carbocycles. The Labute approximate surface area is 97.1 Å². The van der Waals surface area contributed by atoms with Crippen molar-refractivity contribution < 1.29 is 4.79 Å². The van der Waals surface area contributed by atoms with Crippen molar-refractivity contribution in [3.05, 3.63) is 11.6 Å². The Bertz CT molecular complexity index is 269. The number of hydrogen-bond donors (Lipinski definition) is 2. The Morgan fingerprint density at radius 1 is 1.38 bits per heavy atom. The Morgan fingerprint density at radius 2 is 2.19 bits per heavy atom. The van der Waals surface area contributed by atoms with Crippen molar-refractivity contribution in [1.82, 2.24) is 15.5 Å². The van der Waals surface area contributed by atoms with Crippen molar-refractivity contribution in [2.24, 2.45) is 0 Å². The van der Waals surface area contributed by atoms with Gasteiger partial charge in [0.25, 0.3) is 0 Å². The van der Waals surface area contributed by atoms with Gasteiger partial charge in [-0.15, -0.1) is 0 Å². The lowest BCUT2D eigenvalue weighted by Gasteiger charge is -2.27. The fourth-order valence-corrected chi connectivity index (χ4v) is 2.23. The van der Waals surface area contributed by atoms with E-state index in [1.54, 1.807) is 0 Å². The summed E-state index contributed by atoms with van der Waals surface area (Å²) in [6, 6.07) is 0.110. The fraction of sp³-hybridized carbons (Fsp3) is 0.750. The van der Waals surface area contributed by atoms with Gasteiger partial charge in [0, 0.05) is 26.2 Å². The quantitative estimate of drug-likeness (QED) is 0.689. The molecule has 0 bridgehead atoms. The highest BCUT2D eigenvalue weighted by atomic mass is 16.2. The summed E-state index contributed by atoms with van der Waals surface area (Å²) >= 11 is 0. The average Bonchev–Trinajstić information content (AvgIpc) is 2.38. The molecule has 0 spiro atoms. The first kappa shape index (κ1) is 11.5. The zero-order chi connectivity index (χ0) is 11.2. The van der Waals surface area contributed by atoms with Crippen LogP contribution in [0.4, 0.5) is 4.79 Å². The van der Waals surface area contributed by atoms with Gasteiger partial charge in [-0.25, -0.2) is 4.79 Å². The van der Waals surface area contributed by atoms with Crippen LogP contribution >= 0.6 is 0 Å². The minimum Gasteiger partial charge on any atom is -0.334 e. The van der Waals surface area contributed by atoms with Crippen LogP contribution in [0.25, 0.3) is 0 Å². The van der Waals surface area contributed by atoms with E-state index in [1.165, 1.54) is 12.0 Å². The molecule has 1 saturated heterocycles. The molecule has 0 atom stereocenters. The molecule has 4 nitrogen and oxygen atoms in total. The molecule has 0 aromatic rings. The van der Waals surface area contributed by atoms with E-state index in [-0.39, 0.29) is 6.03 Å². The minimum atomic E-state index is 0.110. The second-order valence-electron chi connectivity index (χ2n) is 4.52. The van der Waals surface area contributed by atoms with Gasteiger partial charge in [0.1, 0.15) is 0 Å². The molecule has 0 aromatic heterocycles. The number of carbonyl (C=O) groups excluding carboxylic acids is 1. The maximum atomic E-state index is 11.8. The number of likely N-dealkylation sites (tertiary alicyclic amines) is 1. The molecular formula is C12H21N3O. The van der Waals surface area contributed by atoms with E-state index in [0.717, 1.165) is 52.0 Å². The zero-order valence-electron chi connectivity index (χ0n) is 9.80. The van der Waals surface area contributed by atoms with Crippen LogP contribution in [-0.2, 0) is 0 Å². The Balaban J connectivity index is 1.72. The summed E-state index contributed by atoms with van der Waals surface area (Å²) in [5, 5.41) is 6.28. The topological polar surface area (TPSA) is 44.4 Å². The van der Waals surface area contributed by atoms with E-state index >= 15 is 0 Å². The van der Waals surface area contributed by atoms with E-state index in [9.17, 15) is 4.79 Å². The highest BCUT2D eigenvalue weighted by Crippen LogP contribution is 2.09. The van der Waals surface area contributed by atoms with Crippen LogP contribution in [0.5, 0.6) is 0 Å². The molecule has 0 aromatic carbocycles. The van der Waals surface area contributed by atoms with Gasteiger partial charge in [-0.05, 0) is 32.2 Å². The van der Waals surface area contributed by atoms with Gasteiger partial charge in [-0.3, -0.25) is 0 Å². The summed E-state index contributed by atoms with van der Waals surface area (Å²) in [5.74, 6) is 0. The number of amides is 2. The SMILES string of the molecule is O=C(NCC1=CCNCC1)N1CCCCC1. The van der Waals surface area contributed by atoms with Gasteiger partial charge >= 0.3 is 6.03 Å². The van der Waals surface area contributed by atoms with Crippen molar-refractivity contribution in [3.63, 3.8) is 0 Å². The molecule has 0 radical (unpaired) electrons. The fourth-order valence-electron chi connectivity index (χ4n) is 2.23. The Hall–Kier alpha value is -1.03. The van der Waals surface area contributed by atoms with Crippen molar-refractivity contribution >= 4 is 6.03 Å². The number of urea groups is 1. The summed E-state index contributed by atoms with van der Waals surface area (Å²) in [7, 11) is 0. The summed E-state index contributed by atoms with van der Waals surface area (Å²) in [5.41, 5.74) is 1.35. The lowest BCUT2D eigenvalue weighted by Crippen LogP contribution is -2.43. The number of piperidine rings is 1. The van der Waals surface area contributed by atoms with Gasteiger partial charge in [-0.2, -0.15) is 0 Å². The van der Waals surface area contributed by atoms with Crippen molar-refractivity contribution in [3.8, 4) is 0 Å². The van der Waals surface area contributed by atoms with Crippen molar-refractivity contribution in [2.75, 3.05) is 32.7 Å². The van der Waals surface area contributed by atoms with Gasteiger partial charge in [-0.1, -0.05) is 11.6 Å². The first-order valence-corrected chi connectivity index (χ1v) is 6.27. The zero-order valence-corrected chi connectivity index (χ0v) is 9.80. The molecule has 2 rings (SSSR count). The first-order valence-electron chi connectivity index (χ1n) is 6.27. The van der Waals surface area contributed by atoms with Crippen LogP contribution in [0.1, 0.15) is 25.7 Å². The van der Waals surface area contributed by atoms with Crippen LogP contribution < -0.4 is 10.6 Å². The third kappa shape index (κ3) is 3.23. The van der Waals surface area contributed by atoms with Gasteiger partial charge < -0.3 is 15.5 Å². The number of nitrogens with one attached hydrogen (secondary N) is 2. The molecule has 90 valence electrons. The average molecular weight is 223 g/mol. The van der Waals surface area contributed by atoms with E-state index in [1.807, 2.05) is 4.90 Å². The number of rotatable bonds is 2. The largest absolute Gasteiger partial charge is 0.334 e. The summed E-state index contributed by atoms with van der Waals surface area (Å²) in [6.07, 6.45) is 6.81. The minimum absolute atomic E-state index is 0.110. The maximum absolute atomic E-state index is 11.8. The Morgan fingerprint density at radius 3 is 2.88 bits per heavy atom. The molecule has 16 heavy (non-hydrogen) atoms. The monoisotopic (exact) mass is 223 g/mol. The number of carbonyl (C=O) groups is 1. The lowest BCUT2D eigenvalue weighted by molar-refractivity contribution is 0.187. The highest BCUT2D eigenvalue weighted by Gasteiger charge is 2.16. The molecule has 2 heterocycles. The summed E-state index contributed by atoms with van der Waals surface area (Å²) in [4.78, 5) is 13.7. The van der Waals surface area contributed by atoms with Crippen molar-refractivity contribution in [1.29, 1.82) is 0 Å². The molecular weight excluding hydrogens is 202 g/mol. The third-order valence-corrected chi connectivity index (χ3v) is 3.27. The van der Waals surface area contributed by atoms with Crippen LogP contribution in [0.3, 0.4) is 0 Å². The molecule has 0 saturated carbocycles. The van der Waals surface area contributed by atoms with Gasteiger partial charge in [0.15, 0.2) is 0 Å². The summed E-state index contributed by atoms with van der Waals surface area (Å²) in [6.45, 7) is 4.54. The van der Waals surface area contributed by atoms with E-state index in [2.05, 4.69) is 16.7 Å². The van der Waals surface area contributed by atoms with Crippen LogP contribution in [0.2, 0.25) is 0 Å². The van der Waals surface area contributed by atoms with Crippen LogP contribution in [-0.4, -0.2) is 43.7 Å². The maximum Gasteiger partial charge on any atom is 0.317 e. The Kier molecular flexibility index (Phi) is 4.22. The highest BCUT2D eigenvalue weighted by molar-refractivity contribution is 5.74. The van der Waals surface area contributed by atoms with Crippen LogP contribution in [0.15, 0.2) is 11.6 Å². The van der Waals surface area contributed by atoms with Gasteiger partial charge in [0.05, 0.1) is 0 Å². The number of hydrogen-bond acceptors (Lipinski definition) is 2. The second-order valence-corrected chi connectivity index (χ2v) is 4.52. The van der Waals surface area contributed by atoms with Crippen LogP contribution in [0, 0.1) is 0 Å². The van der Waals surface area contributed by atoms with E-state index < -0.39 is 0 Å². The van der Waals surface area contributed by atoms with E-state index in [4.69, 9.17) is 0 Å². The lowest BCUT2D eigenvalue weighted by atomic mass is 10.1. The molecule has 2 aliphatic heterocycles. The molecule has 0 unspecified atom stereocenters. The summed E-state index contributed by atoms with van der Waals surface area (Å²) < 4.78 is 0. The number of nitrogens with zero attached hydrogens (tertiary/aromatic N) is 1. The molecule has 4 heteroatoms. The van der Waals surface area contributed by atoms with Crippen molar-refractivity contribution in [2.45, 2.75) is 25.7 Å². The normalized spacial score (nSPS) is 21.5. The standard InChI is InChI=1S/C12H21N3O/c16-12(15-8-2-1-3-9-15)14-10-11-4-6-13-7-5-11/h4,13H,1-3,5-10H2,(H,14,16). The molecule has 2 amide bonds. The molecule has 2 aliphatic rings. The third-order valence-electron chi connectivity index (χ3n) is 3.27. The predicted octanol–water partition coefficient (Wildman–Crippen LogP) is 1.10. The van der Waals surface area contributed by atoms with E-state index in [0.29, 0.717) is 0 Å². The van der Waals surface area contributed by atoms with Gasteiger partial charge in [0.2, 0.25) is 0 Å². The molecule has 1 fully saturated rings. The second kappa shape index (κ2) is 5.89. The smallest absolute Gasteiger partial charge is 0.317 e. The first-order chi connectivity index (χ1) is 7.86. The predicted molar refractivity (Wildman–Crippen MR) is 64.4 cm³/mol.